The molecule has 2 rings (SSSR count). The van der Waals surface area contributed by atoms with Crippen LogP contribution < -0.4 is 10.1 Å². The van der Waals surface area contributed by atoms with Gasteiger partial charge in [-0.15, -0.1) is 0 Å². The first-order valence-corrected chi connectivity index (χ1v) is 6.58. The molecule has 100 valence electrons. The lowest BCUT2D eigenvalue weighted by Crippen LogP contribution is -2.20. The van der Waals surface area contributed by atoms with Crippen molar-refractivity contribution in [2.75, 3.05) is 13.7 Å². The Hall–Kier alpha value is -1.87. The molecule has 2 aromatic rings. The number of ether oxygens (including phenoxy) is 1. The van der Waals surface area contributed by atoms with Crippen LogP contribution in [0.15, 0.2) is 42.6 Å². The first kappa shape index (κ1) is 13.6. The van der Waals surface area contributed by atoms with Crippen LogP contribution in [0.1, 0.15) is 29.8 Å². The van der Waals surface area contributed by atoms with E-state index in [0.29, 0.717) is 6.61 Å². The quantitative estimate of drug-likeness (QED) is 0.892. The van der Waals surface area contributed by atoms with E-state index in [4.69, 9.17) is 4.74 Å². The molecule has 0 saturated heterocycles. The molecule has 0 radical (unpaired) electrons. The van der Waals surface area contributed by atoms with Crippen molar-refractivity contribution in [1.82, 2.24) is 10.3 Å². The first-order chi connectivity index (χ1) is 9.27. The van der Waals surface area contributed by atoms with Gasteiger partial charge in [0.1, 0.15) is 5.75 Å². The highest BCUT2D eigenvalue weighted by atomic mass is 16.5. The Kier molecular flexibility index (Phi) is 4.53. The summed E-state index contributed by atoms with van der Waals surface area (Å²) in [4.78, 5) is 4.37. The molecule has 0 bridgehead atoms. The van der Waals surface area contributed by atoms with Crippen LogP contribution in [0.3, 0.4) is 0 Å². The van der Waals surface area contributed by atoms with Crippen LogP contribution in [0.5, 0.6) is 5.75 Å². The Bertz CT molecular complexity index is 540. The van der Waals surface area contributed by atoms with Gasteiger partial charge in [-0.05, 0) is 38.6 Å². The van der Waals surface area contributed by atoms with E-state index in [2.05, 4.69) is 22.4 Å². The summed E-state index contributed by atoms with van der Waals surface area (Å²) >= 11 is 0. The molecule has 0 amide bonds. The molecule has 0 fully saturated rings. The Labute approximate surface area is 114 Å². The van der Waals surface area contributed by atoms with Crippen LogP contribution in [-0.4, -0.2) is 18.6 Å². The Balaban J connectivity index is 2.45. The van der Waals surface area contributed by atoms with Gasteiger partial charge in [0.25, 0.3) is 0 Å². The minimum atomic E-state index is 0.0939. The molecule has 1 aromatic heterocycles. The summed E-state index contributed by atoms with van der Waals surface area (Å²) in [6, 6.07) is 12.3. The first-order valence-electron chi connectivity index (χ1n) is 6.58. The van der Waals surface area contributed by atoms with Crippen LogP contribution in [0.2, 0.25) is 0 Å². The maximum atomic E-state index is 5.72. The summed E-state index contributed by atoms with van der Waals surface area (Å²) in [5, 5.41) is 3.35. The second-order valence-corrected chi connectivity index (χ2v) is 4.37. The van der Waals surface area contributed by atoms with E-state index in [-0.39, 0.29) is 6.04 Å². The predicted octanol–water partition coefficient (Wildman–Crippen LogP) is 3.10. The minimum Gasteiger partial charge on any atom is -0.494 e. The number of nitrogens with one attached hydrogen (secondary N) is 1. The molecule has 0 spiro atoms. The molecule has 1 atom stereocenters. The molecule has 0 saturated carbocycles. The molecule has 1 unspecified atom stereocenters. The molecule has 0 aliphatic heterocycles. The molecular weight excluding hydrogens is 236 g/mol. The highest BCUT2D eigenvalue weighted by molar-refractivity contribution is 5.42. The Morgan fingerprint density at radius 3 is 2.58 bits per heavy atom. The molecule has 3 heteroatoms. The lowest BCUT2D eigenvalue weighted by atomic mass is 9.97. The van der Waals surface area contributed by atoms with E-state index in [0.717, 1.165) is 17.0 Å². The fourth-order valence-corrected chi connectivity index (χ4v) is 2.29. The molecule has 1 N–H and O–H groups in total. The Morgan fingerprint density at radius 2 is 1.89 bits per heavy atom. The number of aromatic nitrogens is 1. The topological polar surface area (TPSA) is 34.1 Å². The molecule has 0 aliphatic rings. The summed E-state index contributed by atoms with van der Waals surface area (Å²) in [5.41, 5.74) is 3.35. The van der Waals surface area contributed by atoms with Crippen LogP contribution in [0.4, 0.5) is 0 Å². The minimum absolute atomic E-state index is 0.0939. The number of para-hydroxylation sites is 1. The molecule has 1 aromatic carbocycles. The summed E-state index contributed by atoms with van der Waals surface area (Å²) in [6.45, 7) is 4.70. The van der Waals surface area contributed by atoms with Crippen LogP contribution in [0, 0.1) is 6.92 Å². The lowest BCUT2D eigenvalue weighted by Gasteiger charge is -2.21. The molecule has 1 heterocycles. The van der Waals surface area contributed by atoms with Gasteiger partial charge in [0.15, 0.2) is 0 Å². The fourth-order valence-electron chi connectivity index (χ4n) is 2.29. The SMILES string of the molecule is CCOc1ccccc1C(NC)c1cccnc1C. The maximum absolute atomic E-state index is 5.72. The summed E-state index contributed by atoms with van der Waals surface area (Å²) in [6.07, 6.45) is 1.82. The van der Waals surface area contributed by atoms with Crippen molar-refractivity contribution in [2.24, 2.45) is 0 Å². The van der Waals surface area contributed by atoms with Crippen molar-refractivity contribution >= 4 is 0 Å². The van der Waals surface area contributed by atoms with E-state index < -0.39 is 0 Å². The van der Waals surface area contributed by atoms with Crippen molar-refractivity contribution in [3.05, 3.63) is 59.4 Å². The smallest absolute Gasteiger partial charge is 0.124 e. The zero-order chi connectivity index (χ0) is 13.7. The van der Waals surface area contributed by atoms with Gasteiger partial charge in [0.05, 0.1) is 12.6 Å². The van der Waals surface area contributed by atoms with Crippen LogP contribution in [0.25, 0.3) is 0 Å². The van der Waals surface area contributed by atoms with E-state index in [1.807, 2.05) is 51.4 Å². The van der Waals surface area contributed by atoms with Crippen LogP contribution >= 0.6 is 0 Å². The number of pyridine rings is 1. The van der Waals surface area contributed by atoms with Crippen molar-refractivity contribution in [3.8, 4) is 5.75 Å². The van der Waals surface area contributed by atoms with Gasteiger partial charge < -0.3 is 10.1 Å². The lowest BCUT2D eigenvalue weighted by molar-refractivity contribution is 0.334. The van der Waals surface area contributed by atoms with Crippen molar-refractivity contribution in [2.45, 2.75) is 19.9 Å². The third-order valence-corrected chi connectivity index (χ3v) is 3.18. The van der Waals surface area contributed by atoms with E-state index in [1.54, 1.807) is 0 Å². The fraction of sp³-hybridized carbons (Fsp3) is 0.312. The highest BCUT2D eigenvalue weighted by Crippen LogP contribution is 2.30. The molecular formula is C16H20N2O. The number of rotatable bonds is 5. The molecule has 19 heavy (non-hydrogen) atoms. The molecule has 0 aliphatic carbocycles. The predicted molar refractivity (Wildman–Crippen MR) is 77.5 cm³/mol. The standard InChI is InChI=1S/C16H20N2O/c1-4-19-15-10-6-5-8-14(15)16(17-3)13-9-7-11-18-12(13)2/h5-11,16-17H,4H2,1-3H3. The van der Waals surface area contributed by atoms with Gasteiger partial charge in [-0.25, -0.2) is 0 Å². The van der Waals surface area contributed by atoms with Crippen LogP contribution in [-0.2, 0) is 0 Å². The monoisotopic (exact) mass is 256 g/mol. The second kappa shape index (κ2) is 6.34. The van der Waals surface area contributed by atoms with Gasteiger partial charge in [0, 0.05) is 17.5 Å². The van der Waals surface area contributed by atoms with E-state index >= 15 is 0 Å². The normalized spacial score (nSPS) is 12.2. The van der Waals surface area contributed by atoms with Gasteiger partial charge in [0.2, 0.25) is 0 Å². The number of benzene rings is 1. The zero-order valence-electron chi connectivity index (χ0n) is 11.7. The van der Waals surface area contributed by atoms with Gasteiger partial charge in [-0.3, -0.25) is 4.98 Å². The second-order valence-electron chi connectivity index (χ2n) is 4.37. The third-order valence-electron chi connectivity index (χ3n) is 3.18. The third kappa shape index (κ3) is 2.93. The van der Waals surface area contributed by atoms with Crippen molar-refractivity contribution in [3.63, 3.8) is 0 Å². The Morgan fingerprint density at radius 1 is 1.16 bits per heavy atom. The average molecular weight is 256 g/mol. The van der Waals surface area contributed by atoms with Gasteiger partial charge in [-0.1, -0.05) is 24.3 Å². The average Bonchev–Trinajstić information content (AvgIpc) is 2.44. The summed E-state index contributed by atoms with van der Waals surface area (Å²) in [5.74, 6) is 0.924. The summed E-state index contributed by atoms with van der Waals surface area (Å²) in [7, 11) is 1.96. The zero-order valence-corrected chi connectivity index (χ0v) is 11.7. The van der Waals surface area contributed by atoms with Crippen molar-refractivity contribution < 1.29 is 4.74 Å². The van der Waals surface area contributed by atoms with Gasteiger partial charge in [-0.2, -0.15) is 0 Å². The van der Waals surface area contributed by atoms with Crippen molar-refractivity contribution in [1.29, 1.82) is 0 Å². The maximum Gasteiger partial charge on any atom is 0.124 e. The number of hydrogen-bond acceptors (Lipinski definition) is 3. The number of aryl methyl sites for hydroxylation is 1. The molecule has 3 nitrogen and oxygen atoms in total. The largest absolute Gasteiger partial charge is 0.494 e. The van der Waals surface area contributed by atoms with E-state index in [9.17, 15) is 0 Å². The number of hydrogen-bond donors (Lipinski definition) is 1. The highest BCUT2D eigenvalue weighted by Gasteiger charge is 2.18. The van der Waals surface area contributed by atoms with Gasteiger partial charge >= 0.3 is 0 Å². The number of nitrogens with zero attached hydrogens (tertiary/aromatic N) is 1. The summed E-state index contributed by atoms with van der Waals surface area (Å²) < 4.78 is 5.72. The van der Waals surface area contributed by atoms with E-state index in [1.165, 1.54) is 5.56 Å².